The molecule has 1 aliphatic carbocycles. The van der Waals surface area contributed by atoms with Crippen LogP contribution in [0.25, 0.3) is 5.57 Å². The normalized spacial score (nSPS) is 15.5. The summed E-state index contributed by atoms with van der Waals surface area (Å²) in [4.78, 5) is 10.3. The van der Waals surface area contributed by atoms with Crippen molar-refractivity contribution in [2.45, 2.75) is 25.7 Å². The van der Waals surface area contributed by atoms with Gasteiger partial charge in [0, 0.05) is 5.70 Å². The second-order valence-electron chi connectivity index (χ2n) is 4.51. The smallest absolute Gasteiger partial charge is 0.211 e. The molecule has 1 saturated carbocycles. The van der Waals surface area contributed by atoms with Crippen LogP contribution in [0.1, 0.15) is 36.8 Å². The van der Waals surface area contributed by atoms with Gasteiger partial charge < -0.3 is 5.32 Å². The molecule has 0 atom stereocenters. The third-order valence-corrected chi connectivity index (χ3v) is 3.03. The molecule has 2 rings (SSSR count). The van der Waals surface area contributed by atoms with E-state index in [0.717, 1.165) is 11.5 Å². The van der Waals surface area contributed by atoms with Crippen LogP contribution in [-0.4, -0.2) is 6.41 Å². The fourth-order valence-electron chi connectivity index (χ4n) is 1.92. The molecule has 1 amide bonds. The van der Waals surface area contributed by atoms with Gasteiger partial charge in [0.2, 0.25) is 6.41 Å². The van der Waals surface area contributed by atoms with E-state index in [0.29, 0.717) is 12.1 Å². The minimum absolute atomic E-state index is 0.620. The van der Waals surface area contributed by atoms with Crippen LogP contribution in [0.4, 0.5) is 0 Å². The Bertz CT molecular complexity index is 470. The molecule has 0 aliphatic heterocycles. The molecular weight excluding hydrogens is 210 g/mol. The second kappa shape index (κ2) is 5.00. The maximum absolute atomic E-state index is 10.3. The Balaban J connectivity index is 2.17. The first-order chi connectivity index (χ1) is 8.20. The van der Waals surface area contributed by atoms with Crippen molar-refractivity contribution in [3.05, 3.63) is 53.7 Å². The number of nitrogens with one attached hydrogen (secondary N) is 1. The van der Waals surface area contributed by atoms with E-state index in [1.807, 2.05) is 13.0 Å². The molecule has 17 heavy (non-hydrogen) atoms. The first kappa shape index (κ1) is 11.6. The molecule has 2 nitrogen and oxygen atoms in total. The van der Waals surface area contributed by atoms with E-state index in [4.69, 9.17) is 0 Å². The predicted molar refractivity (Wildman–Crippen MR) is 70.4 cm³/mol. The Morgan fingerprint density at radius 2 is 2.24 bits per heavy atom. The van der Waals surface area contributed by atoms with Crippen LogP contribution in [0.2, 0.25) is 0 Å². The maximum Gasteiger partial charge on any atom is 0.211 e. The number of hydrogen-bond acceptors (Lipinski definition) is 1. The van der Waals surface area contributed by atoms with Gasteiger partial charge in [-0.2, -0.15) is 0 Å². The molecular formula is C15H17NO. The van der Waals surface area contributed by atoms with Gasteiger partial charge in [-0.25, -0.2) is 0 Å². The highest BCUT2D eigenvalue weighted by Crippen LogP contribution is 2.40. The summed E-state index contributed by atoms with van der Waals surface area (Å²) in [5, 5.41) is 2.54. The monoisotopic (exact) mass is 227 g/mol. The molecule has 1 aromatic carbocycles. The Morgan fingerprint density at radius 1 is 1.47 bits per heavy atom. The zero-order valence-corrected chi connectivity index (χ0v) is 10.1. The van der Waals surface area contributed by atoms with Crippen LogP contribution >= 0.6 is 0 Å². The third kappa shape index (κ3) is 3.06. The fourth-order valence-corrected chi connectivity index (χ4v) is 1.92. The van der Waals surface area contributed by atoms with Crippen molar-refractivity contribution in [2.24, 2.45) is 0 Å². The first-order valence-electron chi connectivity index (χ1n) is 5.88. The van der Waals surface area contributed by atoms with Crippen molar-refractivity contribution in [2.75, 3.05) is 0 Å². The predicted octanol–water partition coefficient (Wildman–Crippen LogP) is 3.23. The summed E-state index contributed by atoms with van der Waals surface area (Å²) in [5.41, 5.74) is 4.36. The molecule has 2 heteroatoms. The number of amides is 1. The summed E-state index contributed by atoms with van der Waals surface area (Å²) in [6.45, 7) is 5.79. The Hall–Kier alpha value is -1.83. The minimum Gasteiger partial charge on any atom is -0.329 e. The highest BCUT2D eigenvalue weighted by molar-refractivity contribution is 5.68. The number of rotatable bonds is 5. The summed E-state index contributed by atoms with van der Waals surface area (Å²) in [7, 11) is 0. The minimum atomic E-state index is 0.620. The van der Waals surface area contributed by atoms with E-state index >= 15 is 0 Å². The molecule has 0 unspecified atom stereocenters. The summed E-state index contributed by atoms with van der Waals surface area (Å²) in [5.74, 6) is 0.763. The molecule has 0 heterocycles. The van der Waals surface area contributed by atoms with E-state index in [2.05, 4.69) is 36.2 Å². The standard InChI is InChI=1S/C15H17NO/c1-11(8-12(2)16-10-17)14-4-3-5-15(9-14)13-6-7-13/h3-5,8-10,13H,2,6-7H2,1H3,(H,16,17)/b11-8+. The summed E-state index contributed by atoms with van der Waals surface area (Å²) >= 11 is 0. The molecule has 88 valence electrons. The molecule has 0 saturated heterocycles. The molecule has 0 bridgehead atoms. The SMILES string of the molecule is C=C(/C=C(\C)c1cccc(C2CC2)c1)NC=O. The molecule has 1 N–H and O–H groups in total. The van der Waals surface area contributed by atoms with Gasteiger partial charge in [0.1, 0.15) is 0 Å². The molecule has 0 aromatic heterocycles. The van der Waals surface area contributed by atoms with Crippen LogP contribution in [-0.2, 0) is 4.79 Å². The van der Waals surface area contributed by atoms with Gasteiger partial charge in [0.15, 0.2) is 0 Å². The lowest BCUT2D eigenvalue weighted by Gasteiger charge is -2.06. The van der Waals surface area contributed by atoms with Gasteiger partial charge in [-0.15, -0.1) is 0 Å². The number of benzene rings is 1. The molecule has 0 spiro atoms. The molecule has 0 radical (unpaired) electrons. The highest BCUT2D eigenvalue weighted by atomic mass is 16.1. The van der Waals surface area contributed by atoms with Crippen LogP contribution in [0.5, 0.6) is 0 Å². The number of carbonyl (C=O) groups excluding carboxylic acids is 1. The zero-order valence-electron chi connectivity index (χ0n) is 10.1. The Morgan fingerprint density at radius 3 is 2.88 bits per heavy atom. The van der Waals surface area contributed by atoms with Gasteiger partial charge >= 0.3 is 0 Å². The van der Waals surface area contributed by atoms with Crippen LogP contribution < -0.4 is 5.32 Å². The van der Waals surface area contributed by atoms with E-state index < -0.39 is 0 Å². The highest BCUT2D eigenvalue weighted by Gasteiger charge is 2.23. The summed E-state index contributed by atoms with van der Waals surface area (Å²) in [6.07, 6.45) is 5.16. The second-order valence-corrected chi connectivity index (χ2v) is 4.51. The lowest BCUT2D eigenvalue weighted by Crippen LogP contribution is -2.06. The van der Waals surface area contributed by atoms with Crippen LogP contribution in [0.3, 0.4) is 0 Å². The third-order valence-electron chi connectivity index (χ3n) is 3.03. The summed E-state index contributed by atoms with van der Waals surface area (Å²) < 4.78 is 0. The number of carbonyl (C=O) groups is 1. The van der Waals surface area contributed by atoms with Crippen molar-refractivity contribution < 1.29 is 4.79 Å². The van der Waals surface area contributed by atoms with Crippen molar-refractivity contribution in [3.63, 3.8) is 0 Å². The fraction of sp³-hybridized carbons (Fsp3) is 0.267. The van der Waals surface area contributed by atoms with Crippen LogP contribution in [0, 0.1) is 0 Å². The van der Waals surface area contributed by atoms with Crippen molar-refractivity contribution in [1.82, 2.24) is 5.32 Å². The average molecular weight is 227 g/mol. The van der Waals surface area contributed by atoms with Crippen molar-refractivity contribution in [3.8, 4) is 0 Å². The first-order valence-corrected chi connectivity index (χ1v) is 5.88. The van der Waals surface area contributed by atoms with E-state index in [-0.39, 0.29) is 0 Å². The Kier molecular flexibility index (Phi) is 3.43. The quantitative estimate of drug-likeness (QED) is 0.607. The van der Waals surface area contributed by atoms with Gasteiger partial charge in [-0.3, -0.25) is 4.79 Å². The topological polar surface area (TPSA) is 29.1 Å². The van der Waals surface area contributed by atoms with Crippen molar-refractivity contribution in [1.29, 1.82) is 0 Å². The van der Waals surface area contributed by atoms with Gasteiger partial charge in [-0.05, 0) is 48.5 Å². The lowest BCUT2D eigenvalue weighted by atomic mass is 10.0. The van der Waals surface area contributed by atoms with E-state index in [1.54, 1.807) is 0 Å². The molecule has 1 aromatic rings. The van der Waals surface area contributed by atoms with Crippen molar-refractivity contribution >= 4 is 12.0 Å². The van der Waals surface area contributed by atoms with Gasteiger partial charge in [0.25, 0.3) is 0 Å². The summed E-state index contributed by atoms with van der Waals surface area (Å²) in [6, 6.07) is 8.60. The van der Waals surface area contributed by atoms with Crippen LogP contribution in [0.15, 0.2) is 42.6 Å². The van der Waals surface area contributed by atoms with E-state index in [9.17, 15) is 4.79 Å². The van der Waals surface area contributed by atoms with Gasteiger partial charge in [0.05, 0.1) is 0 Å². The zero-order chi connectivity index (χ0) is 12.3. The average Bonchev–Trinajstić information content (AvgIpc) is 3.13. The molecule has 1 aliphatic rings. The lowest BCUT2D eigenvalue weighted by molar-refractivity contribution is -0.108. The molecule has 1 fully saturated rings. The van der Waals surface area contributed by atoms with E-state index in [1.165, 1.54) is 24.0 Å². The number of allylic oxidation sites excluding steroid dienone is 2. The number of hydrogen-bond donors (Lipinski definition) is 1. The maximum atomic E-state index is 10.3. The van der Waals surface area contributed by atoms with Gasteiger partial charge in [-0.1, -0.05) is 30.8 Å². The largest absolute Gasteiger partial charge is 0.329 e. The Labute approximate surface area is 102 Å².